The van der Waals surface area contributed by atoms with Gasteiger partial charge in [0.1, 0.15) is 69.0 Å². The lowest BCUT2D eigenvalue weighted by atomic mass is 9.35. The van der Waals surface area contributed by atoms with E-state index in [1.807, 2.05) is 91.0 Å². The summed E-state index contributed by atoms with van der Waals surface area (Å²) in [6.07, 6.45) is 6.30. The molecule has 9 aromatic carbocycles. The van der Waals surface area contributed by atoms with Crippen LogP contribution in [0.1, 0.15) is 0 Å². The Morgan fingerprint density at radius 1 is 0.232 bits per heavy atom. The molecule has 9 nitrogen and oxygen atoms in total. The van der Waals surface area contributed by atoms with Crippen molar-refractivity contribution in [3.63, 3.8) is 0 Å². The van der Waals surface area contributed by atoms with Gasteiger partial charge in [-0.3, -0.25) is 0 Å². The van der Waals surface area contributed by atoms with E-state index in [4.69, 9.17) is 28.4 Å². The van der Waals surface area contributed by atoms with Gasteiger partial charge in [0.25, 0.3) is 20.1 Å². The van der Waals surface area contributed by atoms with Crippen molar-refractivity contribution in [1.82, 2.24) is 0 Å². The molecule has 0 saturated heterocycles. The maximum atomic E-state index is 6.77. The minimum absolute atomic E-state index is 0.0339. The van der Waals surface area contributed by atoms with E-state index in [0.717, 1.165) is 135 Å². The molecule has 0 N–H and O–H groups in total. The lowest BCUT2D eigenvalue weighted by molar-refractivity contribution is -0.858. The largest absolute Gasteiger partial charge is 0.458 e. The zero-order valence-electron chi connectivity index (χ0n) is 36.6. The van der Waals surface area contributed by atoms with Crippen LogP contribution in [0, 0.1) is 0 Å². The average Bonchev–Trinajstić information content (AvgIpc) is 3.40. The molecule has 16 rings (SSSR count). The zero-order chi connectivity index (χ0) is 44.9. The number of rotatable bonds is 3. The average molecular weight is 888 g/mol. The van der Waals surface area contributed by atoms with Gasteiger partial charge < -0.3 is 28.4 Å². The van der Waals surface area contributed by atoms with E-state index in [-0.39, 0.29) is 20.1 Å². The lowest BCUT2D eigenvalue weighted by Gasteiger charge is -2.32. The molecular formula is C57H33B3N3O6+3. The molecular weight excluding hydrogens is 855 g/mol. The van der Waals surface area contributed by atoms with Crippen molar-refractivity contribution in [3.8, 4) is 86.1 Å². The molecule has 318 valence electrons. The molecule has 7 heterocycles. The molecule has 10 aromatic rings. The summed E-state index contributed by atoms with van der Waals surface area (Å²) in [5.41, 5.74) is 12.5. The standard InChI is InChI=1S/C57H33B3N3O6/c1-4-13-43-37(10-1)58-40-25-22-34(28-52(40)67-49-19-7-16-46(64-43)55(49)58)61-31-62(35-23-26-41-53(29-35)68-50-20-8-17-47-56(50)59(41)38-11-2-5-14-44(38)65-47)33-63(32-61)36-24-27-42-54(30-36)69-51-21-9-18-48-57(51)60(42)39-12-3-6-15-45(39)66-48/h1-33H/q+3. The second-order valence-corrected chi connectivity index (χ2v) is 18.3. The van der Waals surface area contributed by atoms with Crippen LogP contribution >= 0.6 is 0 Å². The Balaban J connectivity index is 0.857. The first-order valence-electron chi connectivity index (χ1n) is 23.2. The first kappa shape index (κ1) is 37.1. The third-order valence-corrected chi connectivity index (χ3v) is 14.5. The van der Waals surface area contributed by atoms with E-state index >= 15 is 0 Å². The third kappa shape index (κ3) is 5.36. The maximum absolute atomic E-state index is 6.77. The summed E-state index contributed by atoms with van der Waals surface area (Å²) in [6.45, 7) is -0.102. The minimum Gasteiger partial charge on any atom is -0.458 e. The summed E-state index contributed by atoms with van der Waals surface area (Å²) in [5.74, 6) is 9.82. The predicted molar refractivity (Wildman–Crippen MR) is 264 cm³/mol. The van der Waals surface area contributed by atoms with E-state index in [9.17, 15) is 0 Å². The number of para-hydroxylation sites is 3. The molecule has 6 aliphatic rings. The second-order valence-electron chi connectivity index (χ2n) is 18.3. The van der Waals surface area contributed by atoms with Crippen LogP contribution in [0.5, 0.6) is 69.0 Å². The highest BCUT2D eigenvalue weighted by atomic mass is 16.5. The maximum Gasteiger partial charge on any atom is 0.428 e. The highest BCUT2D eigenvalue weighted by molar-refractivity contribution is 6.99. The van der Waals surface area contributed by atoms with Crippen molar-refractivity contribution in [3.05, 3.63) is 201 Å². The highest BCUT2D eigenvalue weighted by Gasteiger charge is 2.44. The summed E-state index contributed by atoms with van der Waals surface area (Å²) in [6, 6.07) is 62.5. The Labute approximate surface area is 396 Å². The molecule has 0 fully saturated rings. The van der Waals surface area contributed by atoms with Gasteiger partial charge in [0.05, 0.1) is 18.2 Å². The molecule has 0 unspecified atom stereocenters. The summed E-state index contributed by atoms with van der Waals surface area (Å²) < 4.78 is 45.9. The van der Waals surface area contributed by atoms with Gasteiger partial charge in [-0.2, -0.15) is 0 Å². The quantitative estimate of drug-likeness (QED) is 0.190. The fourth-order valence-electron chi connectivity index (χ4n) is 11.5. The van der Waals surface area contributed by atoms with Gasteiger partial charge >= 0.3 is 19.0 Å². The summed E-state index contributed by atoms with van der Waals surface area (Å²) in [5, 5.41) is 0. The number of aromatic nitrogens is 3. The van der Waals surface area contributed by atoms with Gasteiger partial charge in [-0.15, -0.1) is 0 Å². The van der Waals surface area contributed by atoms with Crippen LogP contribution in [0.2, 0.25) is 0 Å². The molecule has 0 radical (unpaired) electrons. The van der Waals surface area contributed by atoms with Crippen LogP contribution in [-0.4, -0.2) is 20.1 Å². The molecule has 6 aliphatic heterocycles. The first-order valence-corrected chi connectivity index (χ1v) is 23.2. The molecule has 1 aromatic heterocycles. The minimum atomic E-state index is -0.0339. The number of hydrogen-bond acceptors (Lipinski definition) is 6. The van der Waals surface area contributed by atoms with Gasteiger partial charge in [-0.05, 0) is 87.4 Å². The normalized spacial score (nSPS) is 13.8. The smallest absolute Gasteiger partial charge is 0.428 e. The van der Waals surface area contributed by atoms with E-state index in [1.165, 1.54) is 0 Å². The number of nitrogens with zero attached hydrogens (tertiary/aromatic N) is 3. The van der Waals surface area contributed by atoms with Crippen molar-refractivity contribution in [2.75, 3.05) is 0 Å². The zero-order valence-corrected chi connectivity index (χ0v) is 36.6. The van der Waals surface area contributed by atoms with E-state index in [2.05, 4.69) is 124 Å². The Hall–Kier alpha value is -9.02. The van der Waals surface area contributed by atoms with Crippen LogP contribution in [0.3, 0.4) is 0 Å². The topological polar surface area (TPSA) is 67.0 Å². The van der Waals surface area contributed by atoms with Crippen molar-refractivity contribution in [2.24, 2.45) is 0 Å². The Bertz CT molecular complexity index is 3530. The molecule has 0 spiro atoms. The van der Waals surface area contributed by atoms with Crippen LogP contribution in [0.25, 0.3) is 17.1 Å². The summed E-state index contributed by atoms with van der Waals surface area (Å²) in [4.78, 5) is 0. The monoisotopic (exact) mass is 888 g/mol. The van der Waals surface area contributed by atoms with Gasteiger partial charge in [-0.1, -0.05) is 105 Å². The third-order valence-electron chi connectivity index (χ3n) is 14.5. The highest BCUT2D eigenvalue weighted by Crippen LogP contribution is 2.38. The van der Waals surface area contributed by atoms with Crippen molar-refractivity contribution in [2.45, 2.75) is 0 Å². The Kier molecular flexibility index (Phi) is 7.41. The number of ether oxygens (including phenoxy) is 6. The van der Waals surface area contributed by atoms with Gasteiger partial charge in [0.2, 0.25) is 17.1 Å². The molecule has 0 aliphatic carbocycles. The predicted octanol–water partition coefficient (Wildman–Crippen LogP) is 4.70. The Morgan fingerprint density at radius 2 is 0.478 bits per heavy atom. The number of benzene rings is 9. The van der Waals surface area contributed by atoms with E-state index in [1.54, 1.807) is 0 Å². The SMILES string of the molecule is c1ccc2c(c1)Oc1cccc3c1B2c1ccc(-[n+]2c[n+](-c4ccc5c(c4)Oc4cccc6c4B5c4ccccc4O6)c[n+](-c4ccc5c(c4)Oc4cccc6c4B5c4ccccc4O6)c2)cc1O3. The molecule has 12 heteroatoms. The van der Waals surface area contributed by atoms with Crippen LogP contribution in [-0.2, 0) is 0 Å². The Morgan fingerprint density at radius 3 is 0.783 bits per heavy atom. The fraction of sp³-hybridized carbons (Fsp3) is 0. The first-order chi connectivity index (χ1) is 34.1. The summed E-state index contributed by atoms with van der Waals surface area (Å²) >= 11 is 0. The van der Waals surface area contributed by atoms with Crippen molar-refractivity contribution >= 4 is 69.3 Å². The van der Waals surface area contributed by atoms with E-state index in [0.29, 0.717) is 0 Å². The van der Waals surface area contributed by atoms with Crippen LogP contribution in [0.4, 0.5) is 0 Å². The fourth-order valence-corrected chi connectivity index (χ4v) is 11.5. The second kappa shape index (κ2) is 13.8. The summed E-state index contributed by atoms with van der Waals surface area (Å²) in [7, 11) is 0. The van der Waals surface area contributed by atoms with E-state index < -0.39 is 0 Å². The van der Waals surface area contributed by atoms with Gasteiger partial charge in [-0.25, -0.2) is 0 Å². The number of hydrogen-bond donors (Lipinski definition) is 0. The molecule has 0 atom stereocenters. The van der Waals surface area contributed by atoms with Crippen molar-refractivity contribution < 1.29 is 42.1 Å². The van der Waals surface area contributed by atoms with Gasteiger partial charge in [0, 0.05) is 34.6 Å². The van der Waals surface area contributed by atoms with Gasteiger partial charge in [0.15, 0.2) is 0 Å². The van der Waals surface area contributed by atoms with Crippen molar-refractivity contribution in [1.29, 1.82) is 0 Å². The van der Waals surface area contributed by atoms with Crippen LogP contribution in [0.15, 0.2) is 201 Å². The molecule has 0 bridgehead atoms. The molecule has 69 heavy (non-hydrogen) atoms. The number of fused-ring (bicyclic) bond motifs is 12. The van der Waals surface area contributed by atoms with Crippen LogP contribution < -0.4 is 91.3 Å². The molecule has 0 amide bonds. The molecule has 0 saturated carbocycles. The lowest BCUT2D eigenvalue weighted by Crippen LogP contribution is -2.58.